The van der Waals surface area contributed by atoms with Crippen molar-refractivity contribution in [1.82, 2.24) is 0 Å². The van der Waals surface area contributed by atoms with Crippen LogP contribution in [-0.4, -0.2) is 22.4 Å². The summed E-state index contributed by atoms with van der Waals surface area (Å²) < 4.78 is 0. The average Bonchev–Trinajstić information content (AvgIpc) is 2.91. The largest absolute Gasteiger partial charge is 0.390 e. The molecule has 1 fully saturated rings. The number of hydrogen-bond acceptors (Lipinski definition) is 3. The van der Waals surface area contributed by atoms with E-state index in [1.54, 1.807) is 11.3 Å². The molecule has 1 aromatic rings. The van der Waals surface area contributed by atoms with Crippen LogP contribution < -0.4 is 0 Å². The Balaban J connectivity index is 1.74. The monoisotopic (exact) mass is 212 g/mol. The molecule has 2 N–H and O–H groups in total. The summed E-state index contributed by atoms with van der Waals surface area (Å²) >= 11 is 1.71. The minimum Gasteiger partial charge on any atom is -0.390 e. The van der Waals surface area contributed by atoms with Crippen molar-refractivity contribution < 1.29 is 10.2 Å². The summed E-state index contributed by atoms with van der Waals surface area (Å²) in [4.78, 5) is 1.28. The molecule has 78 valence electrons. The molecule has 14 heavy (non-hydrogen) atoms. The summed E-state index contributed by atoms with van der Waals surface area (Å²) in [5.74, 6) is 0.369. The van der Waals surface area contributed by atoms with Gasteiger partial charge in [-0.15, -0.1) is 11.3 Å². The van der Waals surface area contributed by atoms with E-state index in [0.29, 0.717) is 12.3 Å². The highest BCUT2D eigenvalue weighted by Gasteiger charge is 2.34. The van der Waals surface area contributed by atoms with Gasteiger partial charge in [-0.25, -0.2) is 0 Å². The van der Waals surface area contributed by atoms with Crippen LogP contribution in [0.25, 0.3) is 0 Å². The molecule has 1 heterocycles. The Morgan fingerprint density at radius 2 is 2.21 bits per heavy atom. The van der Waals surface area contributed by atoms with E-state index in [1.807, 2.05) is 11.4 Å². The van der Waals surface area contributed by atoms with Crippen LogP contribution in [-0.2, 0) is 6.42 Å². The van der Waals surface area contributed by atoms with Crippen LogP contribution in [0.5, 0.6) is 0 Å². The number of aryl methyl sites for hydroxylation is 1. The van der Waals surface area contributed by atoms with Gasteiger partial charge in [0, 0.05) is 4.88 Å². The third kappa shape index (κ3) is 2.56. The summed E-state index contributed by atoms with van der Waals surface area (Å²) in [6.45, 7) is 0. The van der Waals surface area contributed by atoms with E-state index < -0.39 is 12.2 Å². The van der Waals surface area contributed by atoms with E-state index in [4.69, 9.17) is 0 Å². The van der Waals surface area contributed by atoms with Gasteiger partial charge >= 0.3 is 0 Å². The Labute approximate surface area is 88.2 Å². The Hall–Kier alpha value is -0.380. The third-order valence-electron chi connectivity index (χ3n) is 2.77. The first kappa shape index (κ1) is 10.1. The van der Waals surface area contributed by atoms with E-state index in [1.165, 1.54) is 4.88 Å². The van der Waals surface area contributed by atoms with Crippen LogP contribution in [0.4, 0.5) is 0 Å². The molecule has 0 bridgehead atoms. The molecule has 2 nitrogen and oxygen atoms in total. The molecule has 0 radical (unpaired) electrons. The molecule has 2 unspecified atom stereocenters. The van der Waals surface area contributed by atoms with Gasteiger partial charge in [-0.3, -0.25) is 0 Å². The first-order valence-corrected chi connectivity index (χ1v) is 6.04. The van der Waals surface area contributed by atoms with Gasteiger partial charge < -0.3 is 10.2 Å². The highest BCUT2D eigenvalue weighted by atomic mass is 32.1. The Morgan fingerprint density at radius 1 is 1.43 bits per heavy atom. The zero-order valence-electron chi connectivity index (χ0n) is 8.10. The number of rotatable bonds is 5. The van der Waals surface area contributed by atoms with E-state index in [2.05, 4.69) is 6.07 Å². The normalized spacial score (nSPS) is 20.7. The predicted molar refractivity (Wildman–Crippen MR) is 57.4 cm³/mol. The fourth-order valence-electron chi connectivity index (χ4n) is 1.67. The van der Waals surface area contributed by atoms with Crippen LogP contribution >= 0.6 is 11.3 Å². The fourth-order valence-corrected chi connectivity index (χ4v) is 2.39. The SMILES string of the molecule is OC(CCc1cccs1)C(O)C1CC1. The number of aliphatic hydroxyl groups is 2. The summed E-state index contributed by atoms with van der Waals surface area (Å²) in [6.07, 6.45) is 2.69. The Bertz CT molecular complexity index is 267. The van der Waals surface area contributed by atoms with Gasteiger partial charge in [0.05, 0.1) is 12.2 Å². The van der Waals surface area contributed by atoms with Crippen molar-refractivity contribution in [3.05, 3.63) is 22.4 Å². The fraction of sp³-hybridized carbons (Fsp3) is 0.636. The number of thiophene rings is 1. The van der Waals surface area contributed by atoms with Crippen molar-refractivity contribution >= 4 is 11.3 Å². The van der Waals surface area contributed by atoms with Crippen LogP contribution in [0, 0.1) is 5.92 Å². The van der Waals surface area contributed by atoms with Crippen molar-refractivity contribution in [3.63, 3.8) is 0 Å². The average molecular weight is 212 g/mol. The van der Waals surface area contributed by atoms with Gasteiger partial charge in [-0.1, -0.05) is 6.07 Å². The van der Waals surface area contributed by atoms with Crippen molar-refractivity contribution in [2.45, 2.75) is 37.9 Å². The maximum atomic E-state index is 9.68. The Morgan fingerprint density at radius 3 is 2.79 bits per heavy atom. The first-order valence-electron chi connectivity index (χ1n) is 5.16. The van der Waals surface area contributed by atoms with Gasteiger partial charge in [0.2, 0.25) is 0 Å². The lowest BCUT2D eigenvalue weighted by atomic mass is 10.0. The highest BCUT2D eigenvalue weighted by Crippen LogP contribution is 2.34. The molecule has 3 heteroatoms. The van der Waals surface area contributed by atoms with Crippen LogP contribution in [0.2, 0.25) is 0 Å². The molecule has 1 aliphatic rings. The van der Waals surface area contributed by atoms with Gasteiger partial charge in [-0.2, -0.15) is 0 Å². The number of aliphatic hydroxyl groups excluding tert-OH is 2. The Kier molecular flexibility index (Phi) is 3.21. The minimum absolute atomic E-state index is 0.369. The van der Waals surface area contributed by atoms with E-state index >= 15 is 0 Å². The molecule has 0 amide bonds. The molecule has 0 aromatic carbocycles. The van der Waals surface area contributed by atoms with E-state index in [0.717, 1.165) is 19.3 Å². The van der Waals surface area contributed by atoms with Crippen molar-refractivity contribution in [2.24, 2.45) is 5.92 Å². The van der Waals surface area contributed by atoms with Crippen LogP contribution in [0.15, 0.2) is 17.5 Å². The minimum atomic E-state index is -0.537. The lowest BCUT2D eigenvalue weighted by molar-refractivity contribution is 0.00198. The second-order valence-corrected chi connectivity index (χ2v) is 5.05. The quantitative estimate of drug-likeness (QED) is 0.781. The lowest BCUT2D eigenvalue weighted by Gasteiger charge is -2.16. The maximum Gasteiger partial charge on any atom is 0.0827 e. The second kappa shape index (κ2) is 4.43. The van der Waals surface area contributed by atoms with E-state index in [9.17, 15) is 10.2 Å². The summed E-state index contributed by atoms with van der Waals surface area (Å²) in [5, 5.41) is 21.4. The molecule has 0 spiro atoms. The molecule has 0 aliphatic heterocycles. The molecule has 1 aromatic heterocycles. The van der Waals surface area contributed by atoms with Crippen LogP contribution in [0.3, 0.4) is 0 Å². The molecular weight excluding hydrogens is 196 g/mol. The first-order chi connectivity index (χ1) is 6.77. The zero-order chi connectivity index (χ0) is 9.97. The molecule has 0 saturated heterocycles. The van der Waals surface area contributed by atoms with Crippen molar-refractivity contribution in [3.8, 4) is 0 Å². The molecule has 1 saturated carbocycles. The van der Waals surface area contributed by atoms with Crippen molar-refractivity contribution in [1.29, 1.82) is 0 Å². The highest BCUT2D eigenvalue weighted by molar-refractivity contribution is 7.09. The smallest absolute Gasteiger partial charge is 0.0827 e. The molecule has 2 rings (SSSR count). The van der Waals surface area contributed by atoms with Crippen molar-refractivity contribution in [2.75, 3.05) is 0 Å². The van der Waals surface area contributed by atoms with Gasteiger partial charge in [-0.05, 0) is 43.0 Å². The zero-order valence-corrected chi connectivity index (χ0v) is 8.91. The third-order valence-corrected chi connectivity index (χ3v) is 3.70. The van der Waals surface area contributed by atoms with Gasteiger partial charge in [0.15, 0.2) is 0 Å². The molecular formula is C11H16O2S. The second-order valence-electron chi connectivity index (χ2n) is 4.01. The van der Waals surface area contributed by atoms with Gasteiger partial charge in [0.1, 0.15) is 0 Å². The van der Waals surface area contributed by atoms with Crippen LogP contribution in [0.1, 0.15) is 24.1 Å². The maximum absolute atomic E-state index is 9.68. The molecule has 1 aliphatic carbocycles. The number of hydrogen-bond donors (Lipinski definition) is 2. The summed E-state index contributed by atoms with van der Waals surface area (Å²) in [5.41, 5.74) is 0. The summed E-state index contributed by atoms with van der Waals surface area (Å²) in [7, 11) is 0. The molecule has 2 atom stereocenters. The topological polar surface area (TPSA) is 40.5 Å². The predicted octanol–water partition coefficient (Wildman–Crippen LogP) is 1.81. The summed E-state index contributed by atoms with van der Waals surface area (Å²) in [6, 6.07) is 4.09. The van der Waals surface area contributed by atoms with E-state index in [-0.39, 0.29) is 0 Å². The lowest BCUT2D eigenvalue weighted by Crippen LogP contribution is -2.28. The van der Waals surface area contributed by atoms with Gasteiger partial charge in [0.25, 0.3) is 0 Å². The standard InChI is InChI=1S/C11H16O2S/c12-10(11(13)8-3-4-8)6-5-9-2-1-7-14-9/h1-2,7-8,10-13H,3-6H2.